The van der Waals surface area contributed by atoms with Gasteiger partial charge in [-0.25, -0.2) is 18.2 Å². The normalized spacial score (nSPS) is 20.4. The van der Waals surface area contributed by atoms with E-state index in [1.807, 2.05) is 13.8 Å². The molecule has 132 valence electrons. The Morgan fingerprint density at radius 2 is 2.04 bits per heavy atom. The van der Waals surface area contributed by atoms with E-state index in [-0.39, 0.29) is 23.3 Å². The van der Waals surface area contributed by atoms with E-state index in [0.717, 1.165) is 0 Å². The van der Waals surface area contributed by atoms with Gasteiger partial charge in [-0.05, 0) is 24.5 Å². The summed E-state index contributed by atoms with van der Waals surface area (Å²) in [5.41, 5.74) is 0. The topological polar surface area (TPSA) is 117 Å². The summed E-state index contributed by atoms with van der Waals surface area (Å²) >= 11 is 0. The van der Waals surface area contributed by atoms with E-state index in [4.69, 9.17) is 0 Å². The van der Waals surface area contributed by atoms with Crippen molar-refractivity contribution in [1.82, 2.24) is 15.6 Å². The number of rotatable bonds is 5. The molecular formula is C15H22N4O4S. The molecule has 1 aliphatic heterocycles. The van der Waals surface area contributed by atoms with E-state index in [9.17, 15) is 18.0 Å². The molecule has 0 radical (unpaired) electrons. The quantitative estimate of drug-likeness (QED) is 0.713. The van der Waals surface area contributed by atoms with Gasteiger partial charge in [0.1, 0.15) is 11.9 Å². The van der Waals surface area contributed by atoms with Crippen molar-refractivity contribution in [3.63, 3.8) is 0 Å². The molecule has 24 heavy (non-hydrogen) atoms. The molecule has 0 bridgehead atoms. The number of nitrogens with one attached hydrogen (secondary N) is 3. The van der Waals surface area contributed by atoms with Crippen LogP contribution in [0.15, 0.2) is 24.4 Å². The van der Waals surface area contributed by atoms with E-state index in [0.29, 0.717) is 12.2 Å². The number of hydrogen-bond acceptors (Lipinski definition) is 5. The maximum atomic E-state index is 12.3. The van der Waals surface area contributed by atoms with Gasteiger partial charge in [0, 0.05) is 12.2 Å². The van der Waals surface area contributed by atoms with E-state index < -0.39 is 28.0 Å². The molecule has 9 heteroatoms. The summed E-state index contributed by atoms with van der Waals surface area (Å²) in [5, 5.41) is 7.87. The van der Waals surface area contributed by atoms with E-state index >= 15 is 0 Å². The fraction of sp³-hybridized carbons (Fsp3) is 0.533. The van der Waals surface area contributed by atoms with Crippen molar-refractivity contribution >= 4 is 27.6 Å². The van der Waals surface area contributed by atoms with Crippen molar-refractivity contribution in [2.75, 3.05) is 16.8 Å². The van der Waals surface area contributed by atoms with Crippen LogP contribution in [-0.2, 0) is 14.6 Å². The first kappa shape index (κ1) is 18.2. The lowest BCUT2D eigenvalue weighted by molar-refractivity contribution is -0.118. The first-order valence-electron chi connectivity index (χ1n) is 7.76. The van der Waals surface area contributed by atoms with Crippen molar-refractivity contribution in [1.29, 1.82) is 0 Å². The average molecular weight is 354 g/mol. The Hall–Kier alpha value is -2.16. The van der Waals surface area contributed by atoms with Crippen LogP contribution in [0.3, 0.4) is 0 Å². The largest absolute Gasteiger partial charge is 0.334 e. The van der Waals surface area contributed by atoms with Crippen LogP contribution < -0.4 is 16.0 Å². The number of nitrogens with zero attached hydrogens (tertiary/aromatic N) is 1. The Bertz CT molecular complexity index is 691. The van der Waals surface area contributed by atoms with Gasteiger partial charge in [-0.2, -0.15) is 0 Å². The highest BCUT2D eigenvalue weighted by Gasteiger charge is 2.30. The third-order valence-electron chi connectivity index (χ3n) is 3.72. The molecule has 0 aromatic carbocycles. The second-order valence-electron chi connectivity index (χ2n) is 6.14. The number of aromatic nitrogens is 1. The lowest BCUT2D eigenvalue weighted by atomic mass is 10.0. The molecule has 0 saturated carbocycles. The molecule has 3 N–H and O–H groups in total. The SMILES string of the molecule is CC(C)[C@H](NC(=O)N[C@@H]1CCS(=O)(=O)C1)C(=O)Nc1ccccn1. The number of pyridine rings is 1. The number of anilines is 1. The molecule has 0 aliphatic carbocycles. The molecule has 2 heterocycles. The van der Waals surface area contributed by atoms with Gasteiger partial charge in [-0.3, -0.25) is 4.79 Å². The minimum absolute atomic E-state index is 0.0626. The van der Waals surface area contributed by atoms with Crippen LogP contribution in [0.2, 0.25) is 0 Å². The zero-order chi connectivity index (χ0) is 17.7. The Kier molecular flexibility index (Phi) is 5.76. The molecule has 2 atom stereocenters. The van der Waals surface area contributed by atoms with Crippen molar-refractivity contribution in [2.24, 2.45) is 5.92 Å². The van der Waals surface area contributed by atoms with Crippen LogP contribution in [0.1, 0.15) is 20.3 Å². The highest BCUT2D eigenvalue weighted by Crippen LogP contribution is 2.11. The Morgan fingerprint density at radius 3 is 2.58 bits per heavy atom. The van der Waals surface area contributed by atoms with Gasteiger partial charge in [-0.15, -0.1) is 0 Å². The highest BCUT2D eigenvalue weighted by atomic mass is 32.2. The standard InChI is InChI=1S/C15H22N4O4S/c1-10(2)13(14(20)18-12-5-3-4-7-16-12)19-15(21)17-11-6-8-24(22,23)9-11/h3-5,7,10-11,13H,6,8-9H2,1-2H3,(H,16,18,20)(H2,17,19,21)/t11-,13+/m1/s1. The van der Waals surface area contributed by atoms with Crippen LogP contribution in [0.5, 0.6) is 0 Å². The molecule has 0 unspecified atom stereocenters. The molecule has 1 fully saturated rings. The van der Waals surface area contributed by atoms with Crippen molar-refractivity contribution in [3.8, 4) is 0 Å². The average Bonchev–Trinajstić information content (AvgIpc) is 2.84. The number of carbonyl (C=O) groups is 2. The molecule has 2 rings (SSSR count). The van der Waals surface area contributed by atoms with Gasteiger partial charge in [0.2, 0.25) is 5.91 Å². The van der Waals surface area contributed by atoms with Crippen LogP contribution >= 0.6 is 0 Å². The summed E-state index contributed by atoms with van der Waals surface area (Å²) in [6.07, 6.45) is 1.95. The van der Waals surface area contributed by atoms with Crippen LogP contribution in [-0.4, -0.2) is 48.9 Å². The lowest BCUT2D eigenvalue weighted by Crippen LogP contribution is -2.52. The number of amides is 3. The summed E-state index contributed by atoms with van der Waals surface area (Å²) in [6.45, 7) is 3.62. The Labute approximate surface area is 141 Å². The number of sulfone groups is 1. The smallest absolute Gasteiger partial charge is 0.315 e. The first-order valence-corrected chi connectivity index (χ1v) is 9.58. The summed E-state index contributed by atoms with van der Waals surface area (Å²) in [7, 11) is -3.07. The minimum atomic E-state index is -3.07. The molecule has 1 aromatic rings. The molecule has 0 spiro atoms. The second kappa shape index (κ2) is 7.61. The van der Waals surface area contributed by atoms with Gasteiger partial charge in [0.15, 0.2) is 9.84 Å². The van der Waals surface area contributed by atoms with Crippen LogP contribution in [0.4, 0.5) is 10.6 Å². The fourth-order valence-corrected chi connectivity index (χ4v) is 4.13. The maximum absolute atomic E-state index is 12.3. The Morgan fingerprint density at radius 1 is 1.29 bits per heavy atom. The number of hydrogen-bond donors (Lipinski definition) is 3. The van der Waals surface area contributed by atoms with Crippen LogP contribution in [0.25, 0.3) is 0 Å². The fourth-order valence-electron chi connectivity index (χ4n) is 2.45. The Balaban J connectivity index is 1.93. The lowest BCUT2D eigenvalue weighted by Gasteiger charge is -2.22. The van der Waals surface area contributed by atoms with E-state index in [1.165, 1.54) is 0 Å². The zero-order valence-corrected chi connectivity index (χ0v) is 14.5. The van der Waals surface area contributed by atoms with Crippen molar-refractivity contribution < 1.29 is 18.0 Å². The molecule has 1 aliphatic rings. The summed E-state index contributed by atoms with van der Waals surface area (Å²) in [4.78, 5) is 28.4. The number of urea groups is 1. The van der Waals surface area contributed by atoms with E-state index in [1.54, 1.807) is 24.4 Å². The molecule has 1 aromatic heterocycles. The monoisotopic (exact) mass is 354 g/mol. The van der Waals surface area contributed by atoms with Crippen molar-refractivity contribution in [2.45, 2.75) is 32.4 Å². The maximum Gasteiger partial charge on any atom is 0.315 e. The van der Waals surface area contributed by atoms with E-state index in [2.05, 4.69) is 20.9 Å². The van der Waals surface area contributed by atoms with Crippen LogP contribution in [0, 0.1) is 5.92 Å². The van der Waals surface area contributed by atoms with Gasteiger partial charge >= 0.3 is 6.03 Å². The predicted molar refractivity (Wildman–Crippen MR) is 90.2 cm³/mol. The van der Waals surface area contributed by atoms with Gasteiger partial charge in [0.25, 0.3) is 0 Å². The van der Waals surface area contributed by atoms with Gasteiger partial charge < -0.3 is 16.0 Å². The minimum Gasteiger partial charge on any atom is -0.334 e. The summed E-state index contributed by atoms with van der Waals surface area (Å²) in [5.74, 6) is -0.111. The third-order valence-corrected chi connectivity index (χ3v) is 5.49. The number of carbonyl (C=O) groups excluding carboxylic acids is 2. The summed E-state index contributed by atoms with van der Waals surface area (Å²) < 4.78 is 22.8. The molecule has 1 saturated heterocycles. The third kappa shape index (κ3) is 5.19. The van der Waals surface area contributed by atoms with Gasteiger partial charge in [0.05, 0.1) is 11.5 Å². The van der Waals surface area contributed by atoms with Gasteiger partial charge in [-0.1, -0.05) is 19.9 Å². The molecule has 3 amide bonds. The molecular weight excluding hydrogens is 332 g/mol. The zero-order valence-electron chi connectivity index (χ0n) is 13.7. The molecule has 8 nitrogen and oxygen atoms in total. The summed E-state index contributed by atoms with van der Waals surface area (Å²) in [6, 6.07) is 3.40. The predicted octanol–water partition coefficient (Wildman–Crippen LogP) is 0.531. The van der Waals surface area contributed by atoms with Crippen molar-refractivity contribution in [3.05, 3.63) is 24.4 Å². The highest BCUT2D eigenvalue weighted by molar-refractivity contribution is 7.91. The second-order valence-corrected chi connectivity index (χ2v) is 8.37. The first-order chi connectivity index (χ1) is 11.3.